The molecule has 0 amide bonds. The van der Waals surface area contributed by atoms with Crippen molar-refractivity contribution in [3.63, 3.8) is 0 Å². The third-order valence-corrected chi connectivity index (χ3v) is 2.79. The smallest absolute Gasteiger partial charge is 0.194 e. The summed E-state index contributed by atoms with van der Waals surface area (Å²) in [6.07, 6.45) is 2.82. The Morgan fingerprint density at radius 1 is 1.31 bits per heavy atom. The Morgan fingerprint density at radius 2 is 2.00 bits per heavy atom. The first kappa shape index (κ1) is 10.8. The molecule has 0 aliphatic carbocycles. The fourth-order valence-corrected chi connectivity index (χ4v) is 2.12. The van der Waals surface area contributed by atoms with Crippen molar-refractivity contribution in [3.05, 3.63) is 47.7 Å². The molecule has 0 saturated carbocycles. The number of hydrogen-bond donors (Lipinski definition) is 0. The fourth-order valence-electron chi connectivity index (χ4n) is 2.12. The Hall–Kier alpha value is -1.75. The summed E-state index contributed by atoms with van der Waals surface area (Å²) in [5.41, 5.74) is 0.979. The highest BCUT2D eigenvalue weighted by Crippen LogP contribution is 2.36. The topological polar surface area (TPSA) is 33.0 Å². The zero-order valence-corrected chi connectivity index (χ0v) is 9.60. The van der Waals surface area contributed by atoms with Gasteiger partial charge in [0.25, 0.3) is 0 Å². The molecule has 2 rings (SSSR count). The molecular weight excluding hydrogens is 198 g/mol. The predicted octanol–water partition coefficient (Wildman–Crippen LogP) is 3.38. The summed E-state index contributed by atoms with van der Waals surface area (Å²) in [7, 11) is 0. The summed E-state index contributed by atoms with van der Waals surface area (Å²) in [6.45, 7) is 4.04. The van der Waals surface area contributed by atoms with Gasteiger partial charge in [-0.2, -0.15) is 5.26 Å². The van der Waals surface area contributed by atoms with Gasteiger partial charge in [-0.1, -0.05) is 30.3 Å². The maximum absolute atomic E-state index is 8.94. The molecule has 1 aromatic rings. The van der Waals surface area contributed by atoms with Crippen LogP contribution in [0.2, 0.25) is 0 Å². The Morgan fingerprint density at radius 3 is 2.62 bits per heavy atom. The zero-order valence-electron chi connectivity index (χ0n) is 9.60. The summed E-state index contributed by atoms with van der Waals surface area (Å²) in [6, 6.07) is 12.3. The molecule has 0 radical (unpaired) electrons. The summed E-state index contributed by atoms with van der Waals surface area (Å²) in [5, 5.41) is 8.94. The van der Waals surface area contributed by atoms with Crippen molar-refractivity contribution in [1.29, 1.82) is 5.26 Å². The van der Waals surface area contributed by atoms with Crippen LogP contribution < -0.4 is 0 Å². The van der Waals surface area contributed by atoms with E-state index in [-0.39, 0.29) is 11.5 Å². The van der Waals surface area contributed by atoms with Crippen molar-refractivity contribution in [2.45, 2.75) is 31.8 Å². The fraction of sp³-hybridized carbons (Fsp3) is 0.357. The van der Waals surface area contributed by atoms with Crippen LogP contribution in [0.3, 0.4) is 0 Å². The maximum Gasteiger partial charge on any atom is 0.194 e. The van der Waals surface area contributed by atoms with Crippen LogP contribution >= 0.6 is 0 Å². The lowest BCUT2D eigenvalue weighted by molar-refractivity contribution is 0.0196. The van der Waals surface area contributed by atoms with Gasteiger partial charge in [-0.05, 0) is 31.9 Å². The Kier molecular flexibility index (Phi) is 2.70. The van der Waals surface area contributed by atoms with Gasteiger partial charge in [0.05, 0.1) is 0 Å². The van der Waals surface area contributed by atoms with E-state index in [0.717, 1.165) is 6.42 Å². The summed E-state index contributed by atoms with van der Waals surface area (Å²) in [4.78, 5) is 0. The molecule has 0 bridgehead atoms. The zero-order chi connectivity index (χ0) is 11.6. The van der Waals surface area contributed by atoms with E-state index in [0.29, 0.717) is 5.76 Å². The number of ether oxygens (including phenoxy) is 1. The number of rotatable bonds is 1. The molecule has 0 saturated heterocycles. The van der Waals surface area contributed by atoms with Crippen molar-refractivity contribution in [2.24, 2.45) is 0 Å². The van der Waals surface area contributed by atoms with E-state index in [1.54, 1.807) is 0 Å². The second kappa shape index (κ2) is 4.02. The minimum absolute atomic E-state index is 0.264. The molecule has 1 heterocycles. The highest BCUT2D eigenvalue weighted by Gasteiger charge is 2.30. The first-order chi connectivity index (χ1) is 7.61. The van der Waals surface area contributed by atoms with Gasteiger partial charge in [0.1, 0.15) is 11.7 Å². The van der Waals surface area contributed by atoms with E-state index >= 15 is 0 Å². The van der Waals surface area contributed by atoms with Gasteiger partial charge < -0.3 is 4.74 Å². The molecule has 1 aliphatic heterocycles. The summed E-state index contributed by atoms with van der Waals surface area (Å²) in [5.74, 6) is 0.713. The monoisotopic (exact) mass is 213 g/mol. The van der Waals surface area contributed by atoms with Crippen LogP contribution in [0, 0.1) is 11.3 Å². The minimum atomic E-state index is -0.264. The van der Waals surface area contributed by atoms with Gasteiger partial charge in [0.2, 0.25) is 0 Å². The molecule has 2 nitrogen and oxygen atoms in total. The first-order valence-corrected chi connectivity index (χ1v) is 5.47. The van der Waals surface area contributed by atoms with Crippen LogP contribution in [-0.4, -0.2) is 5.60 Å². The van der Waals surface area contributed by atoms with Crippen LogP contribution in [0.5, 0.6) is 0 Å². The normalized spacial score (nSPS) is 22.8. The Labute approximate surface area is 96.2 Å². The minimum Gasteiger partial charge on any atom is -0.478 e. The van der Waals surface area contributed by atoms with Crippen molar-refractivity contribution < 1.29 is 4.74 Å². The van der Waals surface area contributed by atoms with Crippen LogP contribution in [-0.2, 0) is 4.74 Å². The molecule has 82 valence electrons. The van der Waals surface area contributed by atoms with Gasteiger partial charge in [-0.3, -0.25) is 0 Å². The highest BCUT2D eigenvalue weighted by molar-refractivity contribution is 5.30. The third-order valence-electron chi connectivity index (χ3n) is 2.79. The van der Waals surface area contributed by atoms with Gasteiger partial charge in [-0.15, -0.1) is 0 Å². The van der Waals surface area contributed by atoms with E-state index in [2.05, 4.69) is 18.2 Å². The Balaban J connectivity index is 2.33. The van der Waals surface area contributed by atoms with Crippen LogP contribution in [0.15, 0.2) is 42.2 Å². The van der Waals surface area contributed by atoms with Crippen molar-refractivity contribution >= 4 is 0 Å². The molecular formula is C14H15NO. The SMILES string of the molecule is CC1(C)CC(c2ccccc2)C=C(C#N)O1. The van der Waals surface area contributed by atoms with Gasteiger partial charge in [0.15, 0.2) is 5.76 Å². The predicted molar refractivity (Wildman–Crippen MR) is 62.7 cm³/mol. The van der Waals surface area contributed by atoms with Gasteiger partial charge in [0, 0.05) is 5.92 Å². The van der Waals surface area contributed by atoms with Crippen LogP contribution in [0.1, 0.15) is 31.7 Å². The standard InChI is InChI=1S/C14H15NO/c1-14(2)9-12(8-13(10-15)16-14)11-6-4-3-5-7-11/h3-8,12H,9H2,1-2H3. The molecule has 1 aromatic carbocycles. The van der Waals surface area contributed by atoms with Crippen molar-refractivity contribution in [1.82, 2.24) is 0 Å². The average Bonchev–Trinajstić information content (AvgIpc) is 2.28. The van der Waals surface area contributed by atoms with E-state index in [1.165, 1.54) is 5.56 Å². The summed E-state index contributed by atoms with van der Waals surface area (Å²) < 4.78 is 5.57. The third kappa shape index (κ3) is 2.25. The van der Waals surface area contributed by atoms with E-state index in [4.69, 9.17) is 10.00 Å². The molecule has 16 heavy (non-hydrogen) atoms. The lowest BCUT2D eigenvalue weighted by atomic mass is 9.85. The lowest BCUT2D eigenvalue weighted by Gasteiger charge is -2.33. The quantitative estimate of drug-likeness (QED) is 0.716. The Bertz CT molecular complexity index is 440. The molecule has 1 unspecified atom stereocenters. The summed E-state index contributed by atoms with van der Waals surface area (Å²) >= 11 is 0. The largest absolute Gasteiger partial charge is 0.478 e. The van der Waals surface area contributed by atoms with Crippen molar-refractivity contribution in [3.8, 4) is 6.07 Å². The second-order valence-corrected chi connectivity index (χ2v) is 4.73. The highest BCUT2D eigenvalue weighted by atomic mass is 16.5. The molecule has 2 heteroatoms. The van der Waals surface area contributed by atoms with E-state index in [9.17, 15) is 0 Å². The van der Waals surface area contributed by atoms with E-state index in [1.807, 2.05) is 38.1 Å². The number of allylic oxidation sites excluding steroid dienone is 2. The van der Waals surface area contributed by atoms with Gasteiger partial charge >= 0.3 is 0 Å². The lowest BCUT2D eigenvalue weighted by Crippen LogP contribution is -2.29. The molecule has 0 aromatic heterocycles. The molecule has 0 N–H and O–H groups in total. The maximum atomic E-state index is 8.94. The molecule has 0 spiro atoms. The van der Waals surface area contributed by atoms with Crippen LogP contribution in [0.4, 0.5) is 0 Å². The molecule has 1 aliphatic rings. The van der Waals surface area contributed by atoms with Crippen LogP contribution in [0.25, 0.3) is 0 Å². The molecule has 1 atom stereocenters. The van der Waals surface area contributed by atoms with Crippen molar-refractivity contribution in [2.75, 3.05) is 0 Å². The number of benzene rings is 1. The second-order valence-electron chi connectivity index (χ2n) is 4.73. The average molecular weight is 213 g/mol. The number of nitriles is 1. The number of nitrogens with zero attached hydrogens (tertiary/aromatic N) is 1. The van der Waals surface area contributed by atoms with Gasteiger partial charge in [-0.25, -0.2) is 0 Å². The first-order valence-electron chi connectivity index (χ1n) is 5.47. The van der Waals surface area contributed by atoms with E-state index < -0.39 is 0 Å². The number of hydrogen-bond acceptors (Lipinski definition) is 2. The molecule has 0 fully saturated rings.